The third-order valence-corrected chi connectivity index (χ3v) is 2.66. The van der Waals surface area contributed by atoms with Gasteiger partial charge in [0.25, 0.3) is 0 Å². The number of aromatic nitrogens is 1. The Kier molecular flexibility index (Phi) is 3.65. The Morgan fingerprint density at radius 3 is 1.76 bits per heavy atom. The van der Waals surface area contributed by atoms with E-state index in [-0.39, 0.29) is 17.3 Å². The van der Waals surface area contributed by atoms with Crippen LogP contribution in [0.2, 0.25) is 0 Å². The molecule has 2 rings (SSSR count). The summed E-state index contributed by atoms with van der Waals surface area (Å²) in [7, 11) is 0. The minimum atomic E-state index is -4.70. The third-order valence-electron chi connectivity index (χ3n) is 2.66. The van der Waals surface area contributed by atoms with Gasteiger partial charge in [-0.2, -0.15) is 26.3 Å². The molecule has 0 saturated carbocycles. The van der Waals surface area contributed by atoms with Gasteiger partial charge in [-0.3, -0.25) is 4.98 Å². The molecule has 0 saturated heterocycles. The van der Waals surface area contributed by atoms with Crippen LogP contribution in [0.5, 0.6) is 0 Å². The summed E-state index contributed by atoms with van der Waals surface area (Å²) >= 11 is 0. The van der Waals surface area contributed by atoms with Crippen molar-refractivity contribution in [3.63, 3.8) is 0 Å². The summed E-state index contributed by atoms with van der Waals surface area (Å²) in [6.45, 7) is 0. The predicted octanol–water partition coefficient (Wildman–Crippen LogP) is 4.93. The summed E-state index contributed by atoms with van der Waals surface area (Å²) in [6, 6.07) is 3.31. The van der Waals surface area contributed by atoms with Crippen molar-refractivity contribution in [2.75, 3.05) is 0 Å². The smallest absolute Gasteiger partial charge is 0.256 e. The number of hydrogen-bond acceptors (Lipinski definition) is 1. The predicted molar refractivity (Wildman–Crippen MR) is 59.6 cm³/mol. The number of pyridine rings is 1. The van der Waals surface area contributed by atoms with Crippen LogP contribution in [-0.2, 0) is 12.4 Å². The van der Waals surface area contributed by atoms with Gasteiger partial charge in [0.2, 0.25) is 0 Å². The van der Waals surface area contributed by atoms with E-state index >= 15 is 0 Å². The summed E-state index contributed by atoms with van der Waals surface area (Å²) in [6.07, 6.45) is -8.80. The molecule has 1 aromatic carbocycles. The second-order valence-electron chi connectivity index (χ2n) is 4.12. The lowest BCUT2D eigenvalue weighted by Crippen LogP contribution is -2.06. The maximum Gasteiger partial charge on any atom is 0.417 e. The van der Waals surface area contributed by atoms with E-state index in [1.165, 1.54) is 0 Å². The van der Waals surface area contributed by atoms with Crippen molar-refractivity contribution in [2.45, 2.75) is 12.4 Å². The molecule has 0 spiro atoms. The van der Waals surface area contributed by atoms with Crippen LogP contribution in [0.1, 0.15) is 11.1 Å². The lowest BCUT2D eigenvalue weighted by molar-refractivity contribution is -0.138. The molecular weight excluding hydrogens is 303 g/mol. The summed E-state index contributed by atoms with van der Waals surface area (Å²) < 4.78 is 87.8. The van der Waals surface area contributed by atoms with Crippen molar-refractivity contribution in [3.8, 4) is 11.3 Å². The van der Waals surface area contributed by atoms with E-state index < -0.39 is 29.3 Å². The van der Waals surface area contributed by atoms with E-state index in [0.29, 0.717) is 18.3 Å². The molecule has 8 heteroatoms. The molecule has 21 heavy (non-hydrogen) atoms. The number of nitrogens with zero attached hydrogens (tertiary/aromatic N) is 1. The Morgan fingerprint density at radius 1 is 0.762 bits per heavy atom. The molecule has 1 heterocycles. The second kappa shape index (κ2) is 5.01. The number of alkyl halides is 6. The fourth-order valence-corrected chi connectivity index (χ4v) is 1.62. The van der Waals surface area contributed by atoms with Crippen LogP contribution in [-0.4, -0.2) is 4.98 Å². The topological polar surface area (TPSA) is 12.9 Å². The summed E-state index contributed by atoms with van der Waals surface area (Å²) in [5, 5.41) is 0. The van der Waals surface area contributed by atoms with Gasteiger partial charge in [0.1, 0.15) is 5.82 Å². The zero-order valence-corrected chi connectivity index (χ0v) is 10.1. The zero-order chi connectivity index (χ0) is 15.8. The zero-order valence-electron chi connectivity index (χ0n) is 10.1. The molecule has 0 aliphatic rings. The van der Waals surface area contributed by atoms with Crippen molar-refractivity contribution in [1.82, 2.24) is 4.98 Å². The van der Waals surface area contributed by atoms with Crippen molar-refractivity contribution in [2.24, 2.45) is 0 Å². The molecule has 112 valence electrons. The van der Waals surface area contributed by atoms with Crippen molar-refractivity contribution in [3.05, 3.63) is 53.5 Å². The average molecular weight is 309 g/mol. The summed E-state index contributed by atoms with van der Waals surface area (Å²) in [5.41, 5.74) is -2.71. The normalized spacial score (nSPS) is 12.5. The first-order valence-electron chi connectivity index (χ1n) is 5.49. The molecule has 0 N–H and O–H groups in total. The number of halogens is 7. The summed E-state index contributed by atoms with van der Waals surface area (Å²) in [4.78, 5) is 3.43. The first-order chi connectivity index (χ1) is 9.59. The van der Waals surface area contributed by atoms with Gasteiger partial charge in [-0.05, 0) is 30.3 Å². The van der Waals surface area contributed by atoms with Crippen molar-refractivity contribution < 1.29 is 30.7 Å². The number of rotatable bonds is 1. The average Bonchev–Trinajstić information content (AvgIpc) is 2.36. The van der Waals surface area contributed by atoms with Crippen LogP contribution in [0.25, 0.3) is 11.3 Å². The molecule has 0 bridgehead atoms. The van der Waals surface area contributed by atoms with Gasteiger partial charge in [0.15, 0.2) is 0 Å². The highest BCUT2D eigenvalue weighted by Crippen LogP contribution is 2.33. The van der Waals surface area contributed by atoms with E-state index in [4.69, 9.17) is 0 Å². The molecule has 0 amide bonds. The van der Waals surface area contributed by atoms with Gasteiger partial charge in [0.05, 0.1) is 16.8 Å². The molecule has 0 aliphatic heterocycles. The molecule has 0 atom stereocenters. The highest BCUT2D eigenvalue weighted by molar-refractivity contribution is 5.60. The molecule has 0 radical (unpaired) electrons. The van der Waals surface area contributed by atoms with Gasteiger partial charge in [0, 0.05) is 11.8 Å². The van der Waals surface area contributed by atoms with Crippen LogP contribution in [0.4, 0.5) is 30.7 Å². The fraction of sp³-hybridized carbons (Fsp3) is 0.154. The van der Waals surface area contributed by atoms with Crippen molar-refractivity contribution in [1.29, 1.82) is 0 Å². The van der Waals surface area contributed by atoms with Gasteiger partial charge < -0.3 is 0 Å². The molecule has 0 unspecified atom stereocenters. The van der Waals surface area contributed by atoms with Crippen LogP contribution < -0.4 is 0 Å². The van der Waals surface area contributed by atoms with Gasteiger partial charge in [-0.1, -0.05) is 0 Å². The molecule has 0 aliphatic carbocycles. The number of benzene rings is 1. The minimum absolute atomic E-state index is 0.186. The van der Waals surface area contributed by atoms with Gasteiger partial charge >= 0.3 is 12.4 Å². The Hall–Kier alpha value is -2.12. The second-order valence-corrected chi connectivity index (χ2v) is 4.12. The van der Waals surface area contributed by atoms with E-state index in [1.54, 1.807) is 0 Å². The standard InChI is InChI=1S/C13H6F7N/c14-10-5-7(12(15,16)17)1-3-9(10)11-4-2-8(6-21-11)13(18,19)20/h1-6H. The maximum atomic E-state index is 13.6. The maximum absolute atomic E-state index is 13.6. The Labute approximate surface area is 114 Å². The quantitative estimate of drug-likeness (QED) is 0.681. The lowest BCUT2D eigenvalue weighted by atomic mass is 10.1. The van der Waals surface area contributed by atoms with Gasteiger partial charge in [-0.25, -0.2) is 4.39 Å². The first kappa shape index (κ1) is 15.3. The first-order valence-corrected chi connectivity index (χ1v) is 5.49. The fourth-order valence-electron chi connectivity index (χ4n) is 1.62. The molecule has 2 aromatic rings. The van der Waals surface area contributed by atoms with E-state index in [9.17, 15) is 30.7 Å². The Balaban J connectivity index is 2.39. The van der Waals surface area contributed by atoms with Crippen LogP contribution in [0, 0.1) is 5.82 Å². The van der Waals surface area contributed by atoms with Crippen molar-refractivity contribution >= 4 is 0 Å². The van der Waals surface area contributed by atoms with E-state index in [0.717, 1.165) is 12.1 Å². The third kappa shape index (κ3) is 3.32. The molecule has 1 nitrogen and oxygen atoms in total. The monoisotopic (exact) mass is 309 g/mol. The Morgan fingerprint density at radius 2 is 1.33 bits per heavy atom. The van der Waals surface area contributed by atoms with Crippen LogP contribution in [0.3, 0.4) is 0 Å². The molecular formula is C13H6F7N. The SMILES string of the molecule is Fc1cc(C(F)(F)F)ccc1-c1ccc(C(F)(F)F)cn1. The van der Waals surface area contributed by atoms with E-state index in [2.05, 4.69) is 4.98 Å². The van der Waals surface area contributed by atoms with Crippen LogP contribution in [0.15, 0.2) is 36.5 Å². The highest BCUT2D eigenvalue weighted by atomic mass is 19.4. The summed E-state index contributed by atoms with van der Waals surface area (Å²) in [5.74, 6) is -1.21. The van der Waals surface area contributed by atoms with E-state index in [1.807, 2.05) is 0 Å². The molecule has 0 fully saturated rings. The lowest BCUT2D eigenvalue weighted by Gasteiger charge is -2.10. The molecule has 1 aromatic heterocycles. The highest BCUT2D eigenvalue weighted by Gasteiger charge is 2.32. The minimum Gasteiger partial charge on any atom is -0.256 e. The van der Waals surface area contributed by atoms with Gasteiger partial charge in [-0.15, -0.1) is 0 Å². The Bertz CT molecular complexity index is 641. The largest absolute Gasteiger partial charge is 0.417 e. The van der Waals surface area contributed by atoms with Crippen LogP contribution >= 0.6 is 0 Å². The number of hydrogen-bond donors (Lipinski definition) is 0.